The minimum absolute atomic E-state index is 0.458. The van der Waals surface area contributed by atoms with Gasteiger partial charge in [-0.2, -0.15) is 0 Å². The highest BCUT2D eigenvalue weighted by Crippen LogP contribution is 2.26. The molecule has 0 saturated heterocycles. The Balaban J connectivity index is 1.98. The number of nitrogens with zero attached hydrogens (tertiary/aromatic N) is 3. The quantitative estimate of drug-likeness (QED) is 0.440. The largest absolute Gasteiger partial charge is 0.382 e. The van der Waals surface area contributed by atoms with Crippen molar-refractivity contribution in [2.45, 2.75) is 39.7 Å². The third kappa shape index (κ3) is 5.17. The van der Waals surface area contributed by atoms with Crippen LogP contribution >= 0.6 is 0 Å². The number of nitrogen functional groups attached to an aromatic ring is 1. The molecule has 0 aliphatic rings. The highest BCUT2D eigenvalue weighted by Gasteiger charge is 2.15. The molecule has 5 heteroatoms. The maximum Gasteiger partial charge on any atom is 0.154 e. The minimum Gasteiger partial charge on any atom is -0.382 e. The topological polar surface area (TPSA) is 68.8 Å². The Kier molecular flexibility index (Phi) is 7.44. The number of allylic oxidation sites excluding steroid dienone is 3. The molecule has 156 valence electrons. The van der Waals surface area contributed by atoms with Gasteiger partial charge in [-0.3, -0.25) is 0 Å². The van der Waals surface area contributed by atoms with Gasteiger partial charge in [0.2, 0.25) is 0 Å². The Morgan fingerprint density at radius 3 is 2.73 bits per heavy atom. The molecule has 30 heavy (non-hydrogen) atoms. The predicted octanol–water partition coefficient (Wildman–Crippen LogP) is 5.50. The molecule has 3 rings (SSSR count). The molecule has 1 aromatic carbocycles. The number of fused-ring (bicyclic) bond motifs is 1. The number of benzene rings is 1. The number of pyridine rings is 1. The van der Waals surface area contributed by atoms with E-state index < -0.39 is 0 Å². The summed E-state index contributed by atoms with van der Waals surface area (Å²) in [5.74, 6) is 2.26. The Bertz CT molecular complexity index is 1040. The van der Waals surface area contributed by atoms with E-state index in [4.69, 9.17) is 10.7 Å². The van der Waals surface area contributed by atoms with Crippen molar-refractivity contribution < 1.29 is 0 Å². The second-order valence-corrected chi connectivity index (χ2v) is 7.29. The van der Waals surface area contributed by atoms with E-state index in [2.05, 4.69) is 64.8 Å². The van der Waals surface area contributed by atoms with Gasteiger partial charge in [0.15, 0.2) is 5.82 Å². The molecule has 0 saturated carbocycles. The average molecular weight is 402 g/mol. The van der Waals surface area contributed by atoms with Gasteiger partial charge in [0.05, 0.1) is 5.52 Å². The molecule has 0 amide bonds. The van der Waals surface area contributed by atoms with E-state index in [1.54, 1.807) is 6.08 Å². The first-order valence-corrected chi connectivity index (χ1v) is 10.5. The van der Waals surface area contributed by atoms with Crippen LogP contribution in [0.3, 0.4) is 0 Å². The molecular weight excluding hydrogens is 370 g/mol. The second kappa shape index (κ2) is 10.4. The normalized spacial score (nSPS) is 12.0. The van der Waals surface area contributed by atoms with Crippen molar-refractivity contribution in [3.8, 4) is 0 Å². The average Bonchev–Trinajstić information content (AvgIpc) is 3.09. The number of aryl methyl sites for hydroxylation is 1. The summed E-state index contributed by atoms with van der Waals surface area (Å²) in [7, 11) is 0. The number of hydrogen-bond donors (Lipinski definition) is 2. The lowest BCUT2D eigenvalue weighted by Gasteiger charge is -2.11. The number of aromatic nitrogens is 3. The third-order valence-electron chi connectivity index (χ3n) is 4.97. The van der Waals surface area contributed by atoms with Crippen LogP contribution in [0.15, 0.2) is 72.9 Å². The molecule has 0 aliphatic carbocycles. The summed E-state index contributed by atoms with van der Waals surface area (Å²) in [6.07, 6.45) is 11.0. The van der Waals surface area contributed by atoms with Gasteiger partial charge in [0.1, 0.15) is 17.2 Å². The lowest BCUT2D eigenvalue weighted by molar-refractivity contribution is 0.690. The molecule has 2 heterocycles. The van der Waals surface area contributed by atoms with Crippen LogP contribution in [-0.4, -0.2) is 21.1 Å². The van der Waals surface area contributed by atoms with Crippen molar-refractivity contribution in [1.29, 1.82) is 0 Å². The SMILES string of the molecule is C=C/C=C(\C=C/C)CNc1cc2c(nc(CCCC)n2Cc2ccccc2)c(N)n1. The van der Waals surface area contributed by atoms with E-state index in [0.29, 0.717) is 12.4 Å². The van der Waals surface area contributed by atoms with Crippen LogP contribution in [0.1, 0.15) is 38.1 Å². The molecule has 0 spiro atoms. The van der Waals surface area contributed by atoms with Gasteiger partial charge in [0, 0.05) is 25.6 Å². The molecule has 3 aromatic rings. The molecule has 0 bridgehead atoms. The Morgan fingerprint density at radius 2 is 2.03 bits per heavy atom. The van der Waals surface area contributed by atoms with Crippen molar-refractivity contribution >= 4 is 22.7 Å². The smallest absolute Gasteiger partial charge is 0.154 e. The van der Waals surface area contributed by atoms with E-state index in [-0.39, 0.29) is 0 Å². The van der Waals surface area contributed by atoms with Crippen LogP contribution in [0.25, 0.3) is 11.0 Å². The van der Waals surface area contributed by atoms with E-state index >= 15 is 0 Å². The van der Waals surface area contributed by atoms with Crippen LogP contribution in [0, 0.1) is 0 Å². The fraction of sp³-hybridized carbons (Fsp3) is 0.280. The lowest BCUT2D eigenvalue weighted by atomic mass is 10.2. The van der Waals surface area contributed by atoms with Crippen LogP contribution in [0.4, 0.5) is 11.6 Å². The van der Waals surface area contributed by atoms with E-state index in [0.717, 1.165) is 54.1 Å². The van der Waals surface area contributed by atoms with Crippen molar-refractivity contribution in [1.82, 2.24) is 14.5 Å². The van der Waals surface area contributed by atoms with Crippen LogP contribution in [0.2, 0.25) is 0 Å². The van der Waals surface area contributed by atoms with Crippen LogP contribution < -0.4 is 11.1 Å². The summed E-state index contributed by atoms with van der Waals surface area (Å²) < 4.78 is 2.27. The molecule has 0 fully saturated rings. The number of nitrogens with one attached hydrogen (secondary N) is 1. The highest BCUT2D eigenvalue weighted by molar-refractivity contribution is 5.88. The van der Waals surface area contributed by atoms with Gasteiger partial charge in [-0.15, -0.1) is 0 Å². The van der Waals surface area contributed by atoms with Gasteiger partial charge >= 0.3 is 0 Å². The number of nitrogens with two attached hydrogens (primary N) is 1. The zero-order valence-corrected chi connectivity index (χ0v) is 17.9. The lowest BCUT2D eigenvalue weighted by Crippen LogP contribution is -2.08. The second-order valence-electron chi connectivity index (χ2n) is 7.29. The molecule has 0 unspecified atom stereocenters. The molecular formula is C25H31N5. The summed E-state index contributed by atoms with van der Waals surface area (Å²) in [6, 6.07) is 12.5. The van der Waals surface area contributed by atoms with Gasteiger partial charge < -0.3 is 15.6 Å². The minimum atomic E-state index is 0.458. The summed E-state index contributed by atoms with van der Waals surface area (Å²) in [6.45, 7) is 9.39. The Labute approximate surface area is 179 Å². The molecule has 0 radical (unpaired) electrons. The van der Waals surface area contributed by atoms with Crippen molar-refractivity contribution in [3.63, 3.8) is 0 Å². The van der Waals surface area contributed by atoms with Gasteiger partial charge in [-0.05, 0) is 24.5 Å². The molecule has 3 N–H and O–H groups in total. The summed E-state index contributed by atoms with van der Waals surface area (Å²) in [5, 5.41) is 3.39. The van der Waals surface area contributed by atoms with E-state index in [1.165, 1.54) is 5.56 Å². The first-order valence-electron chi connectivity index (χ1n) is 10.5. The van der Waals surface area contributed by atoms with Crippen molar-refractivity contribution in [2.75, 3.05) is 17.6 Å². The van der Waals surface area contributed by atoms with Crippen molar-refractivity contribution in [3.05, 3.63) is 84.2 Å². The zero-order chi connectivity index (χ0) is 21.3. The van der Waals surface area contributed by atoms with E-state index in [9.17, 15) is 0 Å². The highest BCUT2D eigenvalue weighted by atomic mass is 15.1. The Hall–Kier alpha value is -3.34. The number of imidazole rings is 1. The standard InChI is InChI=1S/C25H31N5/c1-4-7-15-23-29-24-21(30(23)18-20-13-9-8-10-14-20)16-22(28-25(24)26)27-17-19(11-5-2)12-6-3/h5-6,8-14,16H,2,4,7,15,17-18H2,1,3H3,(H3,26,27,28)/b12-6-,19-11+. The van der Waals surface area contributed by atoms with Gasteiger partial charge in [0.25, 0.3) is 0 Å². The number of unbranched alkanes of at least 4 members (excludes halogenated alkanes) is 1. The fourth-order valence-electron chi connectivity index (χ4n) is 3.48. The molecule has 0 aliphatic heterocycles. The third-order valence-corrected chi connectivity index (χ3v) is 4.97. The van der Waals surface area contributed by atoms with E-state index in [1.807, 2.05) is 25.1 Å². The zero-order valence-electron chi connectivity index (χ0n) is 17.9. The monoisotopic (exact) mass is 401 g/mol. The number of hydrogen-bond acceptors (Lipinski definition) is 4. The first-order chi connectivity index (χ1) is 14.7. The fourth-order valence-corrected chi connectivity index (χ4v) is 3.48. The van der Waals surface area contributed by atoms with Gasteiger partial charge in [-0.1, -0.05) is 74.6 Å². The summed E-state index contributed by atoms with van der Waals surface area (Å²) in [5.41, 5.74) is 10.5. The van der Waals surface area contributed by atoms with Gasteiger partial charge in [-0.25, -0.2) is 9.97 Å². The Morgan fingerprint density at radius 1 is 1.23 bits per heavy atom. The summed E-state index contributed by atoms with van der Waals surface area (Å²) in [4.78, 5) is 9.40. The summed E-state index contributed by atoms with van der Waals surface area (Å²) >= 11 is 0. The first kappa shape index (κ1) is 21.4. The van der Waals surface area contributed by atoms with Crippen LogP contribution in [0.5, 0.6) is 0 Å². The number of anilines is 2. The maximum absolute atomic E-state index is 6.31. The number of rotatable bonds is 10. The molecule has 5 nitrogen and oxygen atoms in total. The predicted molar refractivity (Wildman–Crippen MR) is 128 cm³/mol. The van der Waals surface area contributed by atoms with Crippen molar-refractivity contribution in [2.24, 2.45) is 0 Å². The molecule has 0 atom stereocenters. The molecule has 2 aromatic heterocycles. The maximum atomic E-state index is 6.31. The van der Waals surface area contributed by atoms with Crippen LogP contribution in [-0.2, 0) is 13.0 Å².